The molecule has 1 aliphatic heterocycles. The zero-order valence-electron chi connectivity index (χ0n) is 15.8. The SMILES string of the molecule is Cc1ccc(C)c(NC(=O)c2cc(S(=O)(=O)N3CCOCC3)ccc2C)c1. The van der Waals surface area contributed by atoms with Crippen molar-refractivity contribution in [2.24, 2.45) is 0 Å². The lowest BCUT2D eigenvalue weighted by molar-refractivity contribution is 0.0730. The molecule has 6 nitrogen and oxygen atoms in total. The molecule has 2 aromatic rings. The molecule has 0 bridgehead atoms. The minimum absolute atomic E-state index is 0.126. The Morgan fingerprint density at radius 2 is 1.67 bits per heavy atom. The zero-order chi connectivity index (χ0) is 19.6. The van der Waals surface area contributed by atoms with Gasteiger partial charge in [-0.05, 0) is 55.7 Å². The van der Waals surface area contributed by atoms with E-state index in [1.807, 2.05) is 32.0 Å². The van der Waals surface area contributed by atoms with E-state index in [1.54, 1.807) is 19.1 Å². The van der Waals surface area contributed by atoms with E-state index in [9.17, 15) is 13.2 Å². The van der Waals surface area contributed by atoms with Crippen LogP contribution in [0.2, 0.25) is 0 Å². The molecule has 1 fully saturated rings. The molecule has 1 amide bonds. The van der Waals surface area contributed by atoms with E-state index in [1.165, 1.54) is 10.4 Å². The Kier molecular flexibility index (Phi) is 5.64. The van der Waals surface area contributed by atoms with E-state index in [4.69, 9.17) is 4.74 Å². The first-order valence-corrected chi connectivity index (χ1v) is 10.3. The minimum atomic E-state index is -3.65. The highest BCUT2D eigenvalue weighted by Crippen LogP contribution is 2.23. The smallest absolute Gasteiger partial charge is 0.255 e. The molecule has 1 N–H and O–H groups in total. The van der Waals surface area contributed by atoms with Crippen molar-refractivity contribution in [1.29, 1.82) is 0 Å². The van der Waals surface area contributed by atoms with Crippen molar-refractivity contribution in [2.75, 3.05) is 31.6 Å². The predicted molar refractivity (Wildman–Crippen MR) is 105 cm³/mol. The molecule has 0 aliphatic carbocycles. The lowest BCUT2D eigenvalue weighted by Gasteiger charge is -2.26. The normalized spacial score (nSPS) is 15.5. The van der Waals surface area contributed by atoms with Gasteiger partial charge in [-0.25, -0.2) is 8.42 Å². The fraction of sp³-hybridized carbons (Fsp3) is 0.350. The Morgan fingerprint density at radius 1 is 1.00 bits per heavy atom. The molecular weight excluding hydrogens is 364 g/mol. The van der Waals surface area contributed by atoms with Gasteiger partial charge in [-0.15, -0.1) is 0 Å². The third kappa shape index (κ3) is 4.21. The number of anilines is 1. The number of carbonyl (C=O) groups is 1. The summed E-state index contributed by atoms with van der Waals surface area (Å²) in [4.78, 5) is 12.9. The fourth-order valence-corrected chi connectivity index (χ4v) is 4.44. The van der Waals surface area contributed by atoms with Gasteiger partial charge in [-0.3, -0.25) is 4.79 Å². The van der Waals surface area contributed by atoms with Gasteiger partial charge in [0.05, 0.1) is 18.1 Å². The van der Waals surface area contributed by atoms with Crippen LogP contribution in [0.4, 0.5) is 5.69 Å². The monoisotopic (exact) mass is 388 g/mol. The van der Waals surface area contributed by atoms with Crippen molar-refractivity contribution >= 4 is 21.6 Å². The molecule has 0 aromatic heterocycles. The summed E-state index contributed by atoms with van der Waals surface area (Å²) in [5, 5.41) is 2.90. The molecule has 0 saturated carbocycles. The van der Waals surface area contributed by atoms with E-state index in [-0.39, 0.29) is 10.8 Å². The van der Waals surface area contributed by atoms with E-state index in [0.29, 0.717) is 31.9 Å². The van der Waals surface area contributed by atoms with E-state index in [2.05, 4.69) is 5.32 Å². The average Bonchev–Trinajstić information content (AvgIpc) is 2.65. The lowest BCUT2D eigenvalue weighted by Crippen LogP contribution is -2.40. The third-order valence-corrected chi connectivity index (χ3v) is 6.60. The van der Waals surface area contributed by atoms with Gasteiger partial charge in [0.25, 0.3) is 5.91 Å². The maximum absolute atomic E-state index is 12.9. The van der Waals surface area contributed by atoms with Crippen molar-refractivity contribution in [3.05, 3.63) is 58.7 Å². The van der Waals surface area contributed by atoms with Crippen LogP contribution >= 0.6 is 0 Å². The summed E-state index contributed by atoms with van der Waals surface area (Å²) in [6.07, 6.45) is 0. The second-order valence-electron chi connectivity index (χ2n) is 6.77. The summed E-state index contributed by atoms with van der Waals surface area (Å²) in [6, 6.07) is 10.5. The van der Waals surface area contributed by atoms with Crippen molar-refractivity contribution in [3.8, 4) is 0 Å². The van der Waals surface area contributed by atoms with Crippen LogP contribution < -0.4 is 5.32 Å². The number of aryl methyl sites for hydroxylation is 3. The Labute approximate surface area is 160 Å². The Hall–Kier alpha value is -2.22. The van der Waals surface area contributed by atoms with Crippen LogP contribution in [-0.4, -0.2) is 44.9 Å². The molecule has 0 unspecified atom stereocenters. The number of rotatable bonds is 4. The van der Waals surface area contributed by atoms with E-state index >= 15 is 0 Å². The molecule has 144 valence electrons. The van der Waals surface area contributed by atoms with Crippen LogP contribution in [0.1, 0.15) is 27.0 Å². The van der Waals surface area contributed by atoms with Gasteiger partial charge >= 0.3 is 0 Å². The molecule has 0 spiro atoms. The summed E-state index contributed by atoms with van der Waals surface area (Å²) < 4.78 is 32.4. The number of nitrogens with one attached hydrogen (secondary N) is 1. The van der Waals surface area contributed by atoms with Gasteiger partial charge in [-0.2, -0.15) is 4.31 Å². The number of carbonyl (C=O) groups excluding carboxylic acids is 1. The molecule has 1 heterocycles. The van der Waals surface area contributed by atoms with Gasteiger partial charge in [0.15, 0.2) is 0 Å². The van der Waals surface area contributed by atoms with Crippen LogP contribution in [0.15, 0.2) is 41.3 Å². The highest BCUT2D eigenvalue weighted by molar-refractivity contribution is 7.89. The summed E-state index contributed by atoms with van der Waals surface area (Å²) in [5.41, 5.74) is 3.78. The summed E-state index contributed by atoms with van der Waals surface area (Å²) in [5.74, 6) is -0.319. The standard InChI is InChI=1S/C20H24N2O4S/c1-14-4-5-16(3)19(12-14)21-20(23)18-13-17(7-6-15(18)2)27(24,25)22-8-10-26-11-9-22/h4-7,12-13H,8-11H2,1-3H3,(H,21,23). The lowest BCUT2D eigenvalue weighted by atomic mass is 10.1. The number of hydrogen-bond donors (Lipinski definition) is 1. The number of morpholine rings is 1. The molecule has 7 heteroatoms. The number of hydrogen-bond acceptors (Lipinski definition) is 4. The van der Waals surface area contributed by atoms with Crippen LogP contribution in [0.5, 0.6) is 0 Å². The Morgan fingerprint density at radius 3 is 2.37 bits per heavy atom. The first-order chi connectivity index (χ1) is 12.8. The molecule has 0 atom stereocenters. The van der Waals surface area contributed by atoms with Crippen molar-refractivity contribution in [1.82, 2.24) is 4.31 Å². The summed E-state index contributed by atoms with van der Waals surface area (Å²) >= 11 is 0. The zero-order valence-corrected chi connectivity index (χ0v) is 16.6. The molecular formula is C20H24N2O4S. The summed E-state index contributed by atoms with van der Waals surface area (Å²) in [6.45, 7) is 7.07. The Balaban J connectivity index is 1.91. The quantitative estimate of drug-likeness (QED) is 0.874. The number of benzene rings is 2. The molecule has 0 radical (unpaired) electrons. The average molecular weight is 388 g/mol. The first-order valence-electron chi connectivity index (χ1n) is 8.86. The number of ether oxygens (including phenoxy) is 1. The van der Waals surface area contributed by atoms with Gasteiger partial charge in [0.2, 0.25) is 10.0 Å². The number of sulfonamides is 1. The fourth-order valence-electron chi connectivity index (χ4n) is 3.00. The maximum Gasteiger partial charge on any atom is 0.255 e. The Bertz CT molecular complexity index is 964. The van der Waals surface area contributed by atoms with E-state index in [0.717, 1.165) is 22.4 Å². The third-order valence-electron chi connectivity index (χ3n) is 4.70. The first kappa shape index (κ1) is 19.5. The van der Waals surface area contributed by atoms with Crippen molar-refractivity contribution in [2.45, 2.75) is 25.7 Å². The molecule has 27 heavy (non-hydrogen) atoms. The summed E-state index contributed by atoms with van der Waals surface area (Å²) in [7, 11) is -3.65. The van der Waals surface area contributed by atoms with Crippen LogP contribution in [0, 0.1) is 20.8 Å². The predicted octanol–water partition coefficient (Wildman–Crippen LogP) is 2.89. The van der Waals surface area contributed by atoms with Gasteiger partial charge < -0.3 is 10.1 Å². The van der Waals surface area contributed by atoms with Crippen molar-refractivity contribution < 1.29 is 17.9 Å². The minimum Gasteiger partial charge on any atom is -0.379 e. The highest BCUT2D eigenvalue weighted by Gasteiger charge is 2.27. The second-order valence-corrected chi connectivity index (χ2v) is 8.70. The second kappa shape index (κ2) is 7.80. The van der Waals surface area contributed by atoms with Crippen LogP contribution in [-0.2, 0) is 14.8 Å². The van der Waals surface area contributed by atoms with Crippen molar-refractivity contribution in [3.63, 3.8) is 0 Å². The van der Waals surface area contributed by atoms with Crippen LogP contribution in [0.25, 0.3) is 0 Å². The van der Waals surface area contributed by atoms with Crippen LogP contribution in [0.3, 0.4) is 0 Å². The topological polar surface area (TPSA) is 75.7 Å². The highest BCUT2D eigenvalue weighted by atomic mass is 32.2. The van der Waals surface area contributed by atoms with Gasteiger partial charge in [0, 0.05) is 24.3 Å². The van der Waals surface area contributed by atoms with Gasteiger partial charge in [-0.1, -0.05) is 18.2 Å². The molecule has 1 saturated heterocycles. The largest absolute Gasteiger partial charge is 0.379 e. The van der Waals surface area contributed by atoms with E-state index < -0.39 is 10.0 Å². The molecule has 2 aromatic carbocycles. The number of amides is 1. The molecule has 3 rings (SSSR count). The molecule has 1 aliphatic rings. The maximum atomic E-state index is 12.9. The van der Waals surface area contributed by atoms with Gasteiger partial charge in [0.1, 0.15) is 0 Å². The number of nitrogens with zero attached hydrogens (tertiary/aromatic N) is 1.